The highest BCUT2D eigenvalue weighted by molar-refractivity contribution is 7.94. The summed E-state index contributed by atoms with van der Waals surface area (Å²) in [4.78, 5) is 18.0. The number of aliphatic hydroxyl groups excluding tert-OH is 1. The fraction of sp³-hybridized carbons (Fsp3) is 0.621. The van der Waals surface area contributed by atoms with Crippen molar-refractivity contribution in [1.29, 1.82) is 0 Å². The molecule has 1 aliphatic rings. The quantitative estimate of drug-likeness (QED) is 0.433. The van der Waals surface area contributed by atoms with E-state index < -0.39 is 16.1 Å². The van der Waals surface area contributed by atoms with E-state index in [1.54, 1.807) is 35.4 Å². The van der Waals surface area contributed by atoms with E-state index in [0.29, 0.717) is 18.9 Å². The van der Waals surface area contributed by atoms with E-state index >= 15 is 0 Å². The average Bonchev–Trinajstić information content (AvgIpc) is 3.47. The Balaban J connectivity index is 1.99. The summed E-state index contributed by atoms with van der Waals surface area (Å²) in [5.74, 6) is 0.0569. The first-order chi connectivity index (χ1) is 19.1. The van der Waals surface area contributed by atoms with Gasteiger partial charge in [-0.15, -0.1) is 11.3 Å². The van der Waals surface area contributed by atoms with E-state index in [-0.39, 0.29) is 46.1 Å². The molecule has 1 aromatic heterocycles. The molecule has 2 heterocycles. The van der Waals surface area contributed by atoms with Crippen molar-refractivity contribution in [3.05, 3.63) is 41.3 Å². The van der Waals surface area contributed by atoms with E-state index in [1.165, 1.54) is 12.1 Å². The first-order valence-corrected chi connectivity index (χ1v) is 16.5. The van der Waals surface area contributed by atoms with Crippen molar-refractivity contribution in [2.24, 2.45) is 5.92 Å². The number of thiophene rings is 1. The van der Waals surface area contributed by atoms with Crippen molar-refractivity contribution in [3.63, 3.8) is 0 Å². The van der Waals surface area contributed by atoms with Crippen LogP contribution in [0, 0.1) is 5.92 Å². The van der Waals surface area contributed by atoms with Crippen LogP contribution in [0.5, 0.6) is 5.75 Å². The molecule has 2 aromatic rings. The SMILES string of the molecule is CCCN(C)C[C@H]1OCCCC[C@H](C)Oc2ccc(NS(=O)(=O)c3cccs3)cc2C(=O)N([C@@H](C)CO)C[C@H]1C. The van der Waals surface area contributed by atoms with Gasteiger partial charge in [0.25, 0.3) is 15.9 Å². The number of carbonyl (C=O) groups is 1. The summed E-state index contributed by atoms with van der Waals surface area (Å²) in [6.07, 6.45) is 3.41. The highest BCUT2D eigenvalue weighted by Gasteiger charge is 2.30. The number of hydrogen-bond acceptors (Lipinski definition) is 8. The van der Waals surface area contributed by atoms with Crippen LogP contribution >= 0.6 is 11.3 Å². The Morgan fingerprint density at radius 2 is 2.02 bits per heavy atom. The number of anilines is 1. The number of nitrogens with one attached hydrogen (secondary N) is 1. The van der Waals surface area contributed by atoms with Gasteiger partial charge in [0.05, 0.1) is 30.4 Å². The number of nitrogens with zero attached hydrogens (tertiary/aromatic N) is 2. The van der Waals surface area contributed by atoms with Crippen LogP contribution < -0.4 is 9.46 Å². The number of carbonyl (C=O) groups excluding carboxylic acids is 1. The van der Waals surface area contributed by atoms with Crippen molar-refractivity contribution in [3.8, 4) is 5.75 Å². The number of amides is 1. The van der Waals surface area contributed by atoms with Gasteiger partial charge in [-0.2, -0.15) is 0 Å². The van der Waals surface area contributed by atoms with Gasteiger partial charge in [-0.3, -0.25) is 9.52 Å². The molecule has 4 atom stereocenters. The highest BCUT2D eigenvalue weighted by Crippen LogP contribution is 2.30. The van der Waals surface area contributed by atoms with Crippen LogP contribution in [0.2, 0.25) is 0 Å². The zero-order valence-electron chi connectivity index (χ0n) is 24.3. The van der Waals surface area contributed by atoms with Crippen LogP contribution in [0.15, 0.2) is 39.9 Å². The molecular weight excluding hydrogens is 550 g/mol. The van der Waals surface area contributed by atoms with Crippen molar-refractivity contribution in [2.45, 2.75) is 75.8 Å². The van der Waals surface area contributed by atoms with E-state index in [1.807, 2.05) is 6.92 Å². The van der Waals surface area contributed by atoms with Gasteiger partial charge in [0.15, 0.2) is 0 Å². The second-order valence-corrected chi connectivity index (χ2v) is 13.7. The standard InChI is InChI=1S/C29H45N3O6S2/c1-6-14-31(5)19-27-21(2)18-32(22(3)20-33)29(34)25-17-24(30-40(35,36)28-11-9-16-39-28)12-13-26(25)38-23(4)10-7-8-15-37-27/h9,11-13,16-17,21-23,27,30,33H,6-8,10,14-15,18-20H2,1-5H3/t21-,22+,23+,27-/m1/s1. The third kappa shape index (κ3) is 8.91. The number of benzene rings is 1. The lowest BCUT2D eigenvalue weighted by molar-refractivity contribution is -0.0167. The molecule has 1 aliphatic heterocycles. The lowest BCUT2D eigenvalue weighted by Gasteiger charge is -2.35. The van der Waals surface area contributed by atoms with Crippen LogP contribution in [-0.2, 0) is 14.8 Å². The molecule has 3 rings (SSSR count). The van der Waals surface area contributed by atoms with Crippen molar-refractivity contribution < 1.29 is 27.8 Å². The summed E-state index contributed by atoms with van der Waals surface area (Å²) in [7, 11) is -1.72. The fourth-order valence-electron chi connectivity index (χ4n) is 4.85. The number of ether oxygens (including phenoxy) is 2. The Bertz CT molecular complexity index is 1170. The molecular formula is C29H45N3O6S2. The molecule has 11 heteroatoms. The molecule has 2 N–H and O–H groups in total. The molecule has 224 valence electrons. The molecule has 0 saturated heterocycles. The predicted octanol–water partition coefficient (Wildman–Crippen LogP) is 4.69. The monoisotopic (exact) mass is 595 g/mol. The fourth-order valence-corrected chi connectivity index (χ4v) is 6.89. The Kier molecular flexibility index (Phi) is 12.3. The lowest BCUT2D eigenvalue weighted by atomic mass is 10.0. The lowest BCUT2D eigenvalue weighted by Crippen LogP contribution is -2.47. The molecule has 0 aliphatic carbocycles. The molecule has 0 fully saturated rings. The molecule has 9 nitrogen and oxygen atoms in total. The van der Waals surface area contributed by atoms with Crippen molar-refractivity contribution in [1.82, 2.24) is 9.80 Å². The van der Waals surface area contributed by atoms with Crippen LogP contribution in [0.1, 0.15) is 63.7 Å². The van der Waals surface area contributed by atoms with Gasteiger partial charge in [-0.05, 0) is 82.8 Å². The minimum atomic E-state index is -3.80. The maximum Gasteiger partial charge on any atom is 0.271 e. The second kappa shape index (κ2) is 15.2. The Hall–Kier alpha value is -2.18. The van der Waals surface area contributed by atoms with E-state index in [9.17, 15) is 18.3 Å². The summed E-state index contributed by atoms with van der Waals surface area (Å²) in [6, 6.07) is 7.54. The van der Waals surface area contributed by atoms with Crippen molar-refractivity contribution >= 4 is 33.0 Å². The van der Waals surface area contributed by atoms with Gasteiger partial charge in [-0.25, -0.2) is 8.42 Å². The van der Waals surface area contributed by atoms with Gasteiger partial charge < -0.3 is 24.4 Å². The smallest absolute Gasteiger partial charge is 0.271 e. The largest absolute Gasteiger partial charge is 0.490 e. The molecule has 1 amide bonds. The van der Waals surface area contributed by atoms with E-state index in [4.69, 9.17) is 9.47 Å². The number of likely N-dealkylation sites (N-methyl/N-ethyl adjacent to an activating group) is 1. The van der Waals surface area contributed by atoms with Gasteiger partial charge in [0.2, 0.25) is 0 Å². The van der Waals surface area contributed by atoms with Crippen LogP contribution in [0.25, 0.3) is 0 Å². The van der Waals surface area contributed by atoms with Gasteiger partial charge in [0, 0.05) is 31.3 Å². The summed E-state index contributed by atoms with van der Waals surface area (Å²) in [5.41, 5.74) is 0.522. The number of hydrogen-bond donors (Lipinski definition) is 2. The normalized spacial score (nSPS) is 22.3. The molecule has 0 radical (unpaired) electrons. The summed E-state index contributed by atoms with van der Waals surface area (Å²) in [5, 5.41) is 11.8. The van der Waals surface area contributed by atoms with Crippen LogP contribution in [-0.4, -0.2) is 87.4 Å². The van der Waals surface area contributed by atoms with Gasteiger partial charge in [-0.1, -0.05) is 19.9 Å². The van der Waals surface area contributed by atoms with Crippen molar-refractivity contribution in [2.75, 3.05) is 44.6 Å². The number of rotatable bonds is 9. The van der Waals surface area contributed by atoms with Gasteiger partial charge in [0.1, 0.15) is 9.96 Å². The number of aliphatic hydroxyl groups is 1. The Morgan fingerprint density at radius 1 is 1.25 bits per heavy atom. The van der Waals surface area contributed by atoms with Crippen LogP contribution in [0.4, 0.5) is 5.69 Å². The maximum absolute atomic E-state index is 14.1. The molecule has 0 bridgehead atoms. The van der Waals surface area contributed by atoms with Gasteiger partial charge >= 0.3 is 0 Å². The third-order valence-corrected chi connectivity index (χ3v) is 9.94. The summed E-state index contributed by atoms with van der Waals surface area (Å²) >= 11 is 1.12. The maximum atomic E-state index is 14.1. The van der Waals surface area contributed by atoms with Crippen LogP contribution in [0.3, 0.4) is 0 Å². The first-order valence-electron chi connectivity index (χ1n) is 14.1. The minimum absolute atomic E-state index is 0.0102. The average molecular weight is 596 g/mol. The molecule has 0 unspecified atom stereocenters. The highest BCUT2D eigenvalue weighted by atomic mass is 32.2. The topological polar surface area (TPSA) is 108 Å². The summed E-state index contributed by atoms with van der Waals surface area (Å²) in [6.45, 7) is 10.5. The van der Waals surface area contributed by atoms with E-state index in [0.717, 1.165) is 50.1 Å². The first kappa shape index (κ1) is 32.3. The molecule has 1 aromatic carbocycles. The Morgan fingerprint density at radius 3 is 2.70 bits per heavy atom. The van der Waals surface area contributed by atoms with E-state index in [2.05, 4.69) is 30.5 Å². The summed E-state index contributed by atoms with van der Waals surface area (Å²) < 4.78 is 41.2. The number of sulfonamides is 1. The molecule has 40 heavy (non-hydrogen) atoms. The molecule has 0 spiro atoms. The zero-order valence-corrected chi connectivity index (χ0v) is 26.0. The second-order valence-electron chi connectivity index (χ2n) is 10.8. The minimum Gasteiger partial charge on any atom is -0.490 e. The predicted molar refractivity (Wildman–Crippen MR) is 160 cm³/mol. The Labute approximate surface area is 243 Å². The number of fused-ring (bicyclic) bond motifs is 1. The molecule has 0 saturated carbocycles. The third-order valence-electron chi connectivity index (χ3n) is 7.16. The zero-order chi connectivity index (χ0) is 29.3.